The summed E-state index contributed by atoms with van der Waals surface area (Å²) in [6, 6.07) is 11.8. The van der Waals surface area contributed by atoms with Crippen molar-refractivity contribution in [1.29, 1.82) is 0 Å². The maximum absolute atomic E-state index is 12.6. The molecule has 148 valence electrons. The molecule has 1 saturated heterocycles. The molecule has 6 nitrogen and oxygen atoms in total. The molecule has 2 unspecified atom stereocenters. The van der Waals surface area contributed by atoms with Gasteiger partial charge in [-0.1, -0.05) is 24.3 Å². The van der Waals surface area contributed by atoms with E-state index in [-0.39, 0.29) is 18.5 Å². The number of benzene rings is 1. The van der Waals surface area contributed by atoms with Gasteiger partial charge in [0.2, 0.25) is 0 Å². The molecule has 1 aromatic heterocycles. The number of carbonyl (C=O) groups excluding carboxylic acids is 1. The topological polar surface area (TPSA) is 83.5 Å². The van der Waals surface area contributed by atoms with Gasteiger partial charge in [0, 0.05) is 55.7 Å². The number of aliphatic hydroxyl groups is 1. The molecular weight excluding hydrogens is 354 g/mol. The lowest BCUT2D eigenvalue weighted by Crippen LogP contribution is -2.49. The van der Waals surface area contributed by atoms with Gasteiger partial charge in [0.15, 0.2) is 0 Å². The highest BCUT2D eigenvalue weighted by Crippen LogP contribution is 2.25. The Bertz CT molecular complexity index is 820. The van der Waals surface area contributed by atoms with Crippen molar-refractivity contribution in [3.8, 4) is 0 Å². The van der Waals surface area contributed by atoms with Gasteiger partial charge in [-0.2, -0.15) is 0 Å². The van der Waals surface area contributed by atoms with Gasteiger partial charge in [0.05, 0.1) is 6.10 Å². The molecule has 1 fully saturated rings. The van der Waals surface area contributed by atoms with Crippen LogP contribution in [0.4, 0.5) is 0 Å². The van der Waals surface area contributed by atoms with E-state index >= 15 is 0 Å². The lowest BCUT2D eigenvalue weighted by Gasteiger charge is -2.30. The van der Waals surface area contributed by atoms with Crippen LogP contribution in [-0.4, -0.2) is 47.9 Å². The smallest absolute Gasteiger partial charge is 0.251 e. The van der Waals surface area contributed by atoms with Crippen LogP contribution in [0, 0.1) is 0 Å². The van der Waals surface area contributed by atoms with Gasteiger partial charge >= 0.3 is 0 Å². The molecule has 2 aliphatic rings. The van der Waals surface area contributed by atoms with Crippen molar-refractivity contribution in [3.63, 3.8) is 0 Å². The average molecular weight is 381 g/mol. The van der Waals surface area contributed by atoms with Crippen molar-refractivity contribution < 1.29 is 14.6 Å². The number of amides is 1. The van der Waals surface area contributed by atoms with Crippen molar-refractivity contribution in [2.75, 3.05) is 19.8 Å². The Kier molecular flexibility index (Phi) is 6.00. The number of pyridine rings is 1. The zero-order chi connectivity index (χ0) is 19.3. The number of ether oxygens (including phenoxy) is 1. The second-order valence-electron chi connectivity index (χ2n) is 7.59. The largest absolute Gasteiger partial charge is 0.390 e. The number of carbonyl (C=O) groups is 1. The third-order valence-electron chi connectivity index (χ3n) is 5.73. The summed E-state index contributed by atoms with van der Waals surface area (Å²) < 4.78 is 5.40. The highest BCUT2D eigenvalue weighted by Gasteiger charge is 2.25. The lowest BCUT2D eigenvalue weighted by molar-refractivity contribution is 0.0842. The fourth-order valence-electron chi connectivity index (χ4n) is 4.00. The van der Waals surface area contributed by atoms with Gasteiger partial charge in [-0.15, -0.1) is 0 Å². The first-order chi connectivity index (χ1) is 13.7. The predicted octanol–water partition coefficient (Wildman–Crippen LogP) is 1.78. The van der Waals surface area contributed by atoms with Crippen molar-refractivity contribution in [2.45, 2.75) is 43.9 Å². The molecule has 1 amide bonds. The standard InChI is InChI=1S/C22H27N3O3/c26-21(20-11-16-3-1-2-4-18(16)13-24-20)14-25-22(27)17-5-8-23-19(12-17)15-6-9-28-10-7-15/h1-5,8,12,15,20-21,24,26H,6-7,9-11,13-14H2,(H,25,27). The van der Waals surface area contributed by atoms with Gasteiger partial charge in [-0.05, 0) is 42.5 Å². The molecule has 0 radical (unpaired) electrons. The number of nitrogens with zero attached hydrogens (tertiary/aromatic N) is 1. The Morgan fingerprint density at radius 1 is 1.25 bits per heavy atom. The Morgan fingerprint density at radius 2 is 2.04 bits per heavy atom. The maximum Gasteiger partial charge on any atom is 0.251 e. The van der Waals surface area contributed by atoms with Crippen LogP contribution in [0.3, 0.4) is 0 Å². The summed E-state index contributed by atoms with van der Waals surface area (Å²) >= 11 is 0. The first kappa shape index (κ1) is 19.1. The molecule has 6 heteroatoms. The van der Waals surface area contributed by atoms with Gasteiger partial charge in [-0.3, -0.25) is 9.78 Å². The van der Waals surface area contributed by atoms with E-state index in [0.29, 0.717) is 11.5 Å². The minimum atomic E-state index is -0.644. The molecule has 3 heterocycles. The van der Waals surface area contributed by atoms with E-state index in [1.807, 2.05) is 18.2 Å². The number of hydrogen-bond acceptors (Lipinski definition) is 5. The van der Waals surface area contributed by atoms with Crippen molar-refractivity contribution >= 4 is 5.91 Å². The van der Waals surface area contributed by atoms with E-state index in [1.54, 1.807) is 12.3 Å². The molecule has 3 N–H and O–H groups in total. The van der Waals surface area contributed by atoms with Crippen LogP contribution < -0.4 is 10.6 Å². The minimum absolute atomic E-state index is 0.0644. The molecule has 0 saturated carbocycles. The Hall–Kier alpha value is -2.28. The van der Waals surface area contributed by atoms with E-state index in [9.17, 15) is 9.90 Å². The fraction of sp³-hybridized carbons (Fsp3) is 0.455. The number of aromatic nitrogens is 1. The van der Waals surface area contributed by atoms with Gasteiger partial charge in [0.1, 0.15) is 0 Å². The normalized spacial score (nSPS) is 21.0. The molecule has 2 atom stereocenters. The molecule has 0 spiro atoms. The van der Waals surface area contributed by atoms with E-state index in [1.165, 1.54) is 11.1 Å². The van der Waals surface area contributed by atoms with Crippen LogP contribution in [0.5, 0.6) is 0 Å². The maximum atomic E-state index is 12.6. The van der Waals surface area contributed by atoms with Crippen LogP contribution in [0.15, 0.2) is 42.6 Å². The summed E-state index contributed by atoms with van der Waals surface area (Å²) in [6.07, 6.45) is 3.68. The summed E-state index contributed by atoms with van der Waals surface area (Å²) in [5, 5.41) is 16.8. The summed E-state index contributed by atoms with van der Waals surface area (Å²) in [6.45, 7) is 2.44. The first-order valence-corrected chi connectivity index (χ1v) is 10.0. The van der Waals surface area contributed by atoms with Crippen molar-refractivity contribution in [1.82, 2.24) is 15.6 Å². The first-order valence-electron chi connectivity index (χ1n) is 10.0. The monoisotopic (exact) mass is 381 g/mol. The van der Waals surface area contributed by atoms with Crippen LogP contribution >= 0.6 is 0 Å². The number of aliphatic hydroxyl groups excluding tert-OH is 1. The number of rotatable bonds is 5. The molecular formula is C22H27N3O3. The second-order valence-corrected chi connectivity index (χ2v) is 7.59. The molecule has 0 aliphatic carbocycles. The van der Waals surface area contributed by atoms with Crippen LogP contribution in [0.1, 0.15) is 45.9 Å². The van der Waals surface area contributed by atoms with Crippen LogP contribution in [0.25, 0.3) is 0 Å². The summed E-state index contributed by atoms with van der Waals surface area (Å²) in [5.74, 6) is 0.171. The quantitative estimate of drug-likeness (QED) is 0.735. The molecule has 0 bridgehead atoms. The number of nitrogens with one attached hydrogen (secondary N) is 2. The van der Waals surface area contributed by atoms with Gasteiger partial charge in [-0.25, -0.2) is 0 Å². The lowest BCUT2D eigenvalue weighted by atomic mass is 9.93. The Labute approximate surface area is 165 Å². The van der Waals surface area contributed by atoms with Crippen LogP contribution in [-0.2, 0) is 17.7 Å². The van der Waals surface area contributed by atoms with Gasteiger partial charge < -0.3 is 20.5 Å². The molecule has 1 aromatic carbocycles. The van der Waals surface area contributed by atoms with E-state index in [0.717, 1.165) is 44.7 Å². The zero-order valence-corrected chi connectivity index (χ0v) is 15.9. The molecule has 28 heavy (non-hydrogen) atoms. The fourth-order valence-corrected chi connectivity index (χ4v) is 4.00. The predicted molar refractivity (Wildman–Crippen MR) is 106 cm³/mol. The van der Waals surface area contributed by atoms with Crippen LogP contribution in [0.2, 0.25) is 0 Å². The average Bonchev–Trinajstić information content (AvgIpc) is 2.77. The Balaban J connectivity index is 1.33. The highest BCUT2D eigenvalue weighted by atomic mass is 16.5. The molecule has 4 rings (SSSR count). The third kappa shape index (κ3) is 4.41. The van der Waals surface area contributed by atoms with Crippen molar-refractivity contribution in [3.05, 3.63) is 65.0 Å². The Morgan fingerprint density at radius 3 is 2.86 bits per heavy atom. The summed E-state index contributed by atoms with van der Waals surface area (Å²) in [7, 11) is 0. The third-order valence-corrected chi connectivity index (χ3v) is 5.73. The summed E-state index contributed by atoms with van der Waals surface area (Å²) in [5.41, 5.74) is 4.06. The van der Waals surface area contributed by atoms with E-state index < -0.39 is 6.10 Å². The van der Waals surface area contributed by atoms with Crippen molar-refractivity contribution in [2.24, 2.45) is 0 Å². The van der Waals surface area contributed by atoms with Gasteiger partial charge in [0.25, 0.3) is 5.91 Å². The minimum Gasteiger partial charge on any atom is -0.390 e. The highest BCUT2D eigenvalue weighted by molar-refractivity contribution is 5.94. The van der Waals surface area contributed by atoms with E-state index in [2.05, 4.69) is 27.8 Å². The zero-order valence-electron chi connectivity index (χ0n) is 15.9. The number of hydrogen-bond donors (Lipinski definition) is 3. The second kappa shape index (κ2) is 8.82. The molecule has 2 aliphatic heterocycles. The molecule has 2 aromatic rings. The van der Waals surface area contributed by atoms with E-state index in [4.69, 9.17) is 4.74 Å². The number of fused-ring (bicyclic) bond motifs is 1. The SMILES string of the molecule is O=C(NCC(O)C1Cc2ccccc2CN1)c1ccnc(C2CCOCC2)c1. The summed E-state index contributed by atoms with van der Waals surface area (Å²) in [4.78, 5) is 17.0.